The minimum absolute atomic E-state index is 0.141. The van der Waals surface area contributed by atoms with Crippen molar-refractivity contribution < 1.29 is 9.90 Å². The second-order valence-electron chi connectivity index (χ2n) is 4.52. The Morgan fingerprint density at radius 3 is 2.70 bits per heavy atom. The molecular weight excluding hydrogens is 254 g/mol. The number of anilines is 1. The molecule has 0 aliphatic carbocycles. The van der Waals surface area contributed by atoms with Crippen molar-refractivity contribution in [2.75, 3.05) is 12.3 Å². The number of aromatic nitrogens is 1. The van der Waals surface area contributed by atoms with Gasteiger partial charge in [0.1, 0.15) is 0 Å². The fourth-order valence-electron chi connectivity index (χ4n) is 1.78. The van der Waals surface area contributed by atoms with Crippen LogP contribution in [0.4, 0.5) is 5.69 Å². The minimum Gasteiger partial charge on any atom is -0.399 e. The Morgan fingerprint density at radius 2 is 2.05 bits per heavy atom. The van der Waals surface area contributed by atoms with Crippen LogP contribution in [0.5, 0.6) is 0 Å². The van der Waals surface area contributed by atoms with E-state index in [2.05, 4.69) is 10.3 Å². The zero-order chi connectivity index (χ0) is 14.4. The molecule has 0 saturated heterocycles. The molecular formula is C15H17N3O2. The molecule has 2 rings (SSSR count). The molecule has 1 heterocycles. The number of benzene rings is 1. The normalized spacial score (nSPS) is 11.8. The van der Waals surface area contributed by atoms with Gasteiger partial charge in [-0.25, -0.2) is 0 Å². The molecule has 20 heavy (non-hydrogen) atoms. The first kappa shape index (κ1) is 14.0. The van der Waals surface area contributed by atoms with E-state index in [1.165, 1.54) is 0 Å². The Kier molecular flexibility index (Phi) is 4.68. The van der Waals surface area contributed by atoms with Crippen molar-refractivity contribution in [2.24, 2.45) is 0 Å². The molecule has 0 bridgehead atoms. The maximum absolute atomic E-state index is 11.8. The van der Waals surface area contributed by atoms with Gasteiger partial charge < -0.3 is 16.2 Å². The van der Waals surface area contributed by atoms with Crippen molar-refractivity contribution in [1.29, 1.82) is 0 Å². The number of aliphatic hydroxyl groups is 1. The van der Waals surface area contributed by atoms with Crippen LogP contribution in [0.3, 0.4) is 0 Å². The molecule has 5 nitrogen and oxygen atoms in total. The Hall–Kier alpha value is -2.40. The summed E-state index contributed by atoms with van der Waals surface area (Å²) in [7, 11) is 0. The number of nitrogen functional groups attached to an aromatic ring is 1. The van der Waals surface area contributed by atoms with Gasteiger partial charge in [-0.1, -0.05) is 18.2 Å². The lowest BCUT2D eigenvalue weighted by atomic mass is 10.1. The van der Waals surface area contributed by atoms with E-state index in [9.17, 15) is 9.90 Å². The molecule has 0 aliphatic heterocycles. The van der Waals surface area contributed by atoms with Crippen LogP contribution in [0.25, 0.3) is 0 Å². The van der Waals surface area contributed by atoms with E-state index in [0.717, 1.165) is 5.56 Å². The maximum Gasteiger partial charge on any atom is 0.224 e. The Labute approximate surface area is 117 Å². The Bertz CT molecular complexity index is 555. The molecule has 1 aromatic heterocycles. The molecule has 1 amide bonds. The number of hydrogen-bond acceptors (Lipinski definition) is 4. The van der Waals surface area contributed by atoms with Gasteiger partial charge in [0.25, 0.3) is 0 Å². The van der Waals surface area contributed by atoms with Gasteiger partial charge in [0, 0.05) is 30.2 Å². The number of nitrogens with one attached hydrogen (secondary N) is 1. The molecule has 0 aliphatic rings. The molecule has 0 saturated carbocycles. The van der Waals surface area contributed by atoms with Crippen LogP contribution in [0.2, 0.25) is 0 Å². The topological polar surface area (TPSA) is 88.2 Å². The molecule has 1 atom stereocenters. The van der Waals surface area contributed by atoms with Crippen molar-refractivity contribution in [3.8, 4) is 0 Å². The predicted molar refractivity (Wildman–Crippen MR) is 76.8 cm³/mol. The molecule has 104 valence electrons. The fraction of sp³-hybridized carbons (Fsp3) is 0.200. The van der Waals surface area contributed by atoms with Crippen LogP contribution in [0.1, 0.15) is 17.2 Å². The van der Waals surface area contributed by atoms with Crippen LogP contribution in [0, 0.1) is 0 Å². The molecule has 4 N–H and O–H groups in total. The van der Waals surface area contributed by atoms with Gasteiger partial charge in [-0.05, 0) is 23.8 Å². The summed E-state index contributed by atoms with van der Waals surface area (Å²) in [6, 6.07) is 10.7. The SMILES string of the molecule is Nc1ccc(CC(=O)NCC(O)c2cccnc2)cc1. The van der Waals surface area contributed by atoms with Gasteiger partial charge in [-0.3, -0.25) is 9.78 Å². The van der Waals surface area contributed by atoms with Gasteiger partial charge in [0.05, 0.1) is 12.5 Å². The molecule has 0 spiro atoms. The first-order chi connectivity index (χ1) is 9.65. The third-order valence-electron chi connectivity index (χ3n) is 2.91. The monoisotopic (exact) mass is 271 g/mol. The molecule has 1 aromatic carbocycles. The highest BCUT2D eigenvalue weighted by Crippen LogP contribution is 2.09. The second kappa shape index (κ2) is 6.68. The highest BCUT2D eigenvalue weighted by molar-refractivity contribution is 5.78. The average Bonchev–Trinajstić information content (AvgIpc) is 2.48. The first-order valence-electron chi connectivity index (χ1n) is 6.34. The van der Waals surface area contributed by atoms with E-state index >= 15 is 0 Å². The molecule has 1 unspecified atom stereocenters. The summed E-state index contributed by atoms with van der Waals surface area (Å²) in [5.41, 5.74) is 7.81. The quantitative estimate of drug-likeness (QED) is 0.709. The maximum atomic E-state index is 11.8. The van der Waals surface area contributed by atoms with Gasteiger partial charge in [0.2, 0.25) is 5.91 Å². The molecule has 0 fully saturated rings. The first-order valence-corrected chi connectivity index (χ1v) is 6.34. The molecule has 5 heteroatoms. The van der Waals surface area contributed by atoms with E-state index in [1.54, 1.807) is 36.7 Å². The van der Waals surface area contributed by atoms with Gasteiger partial charge >= 0.3 is 0 Å². The summed E-state index contributed by atoms with van der Waals surface area (Å²) < 4.78 is 0. The van der Waals surface area contributed by atoms with Crippen LogP contribution in [-0.4, -0.2) is 22.5 Å². The van der Waals surface area contributed by atoms with Crippen LogP contribution < -0.4 is 11.1 Å². The number of carbonyl (C=O) groups excluding carboxylic acids is 1. The van der Waals surface area contributed by atoms with Crippen LogP contribution in [-0.2, 0) is 11.2 Å². The van der Waals surface area contributed by atoms with Crippen molar-refractivity contribution in [3.05, 3.63) is 59.9 Å². The van der Waals surface area contributed by atoms with E-state index in [4.69, 9.17) is 5.73 Å². The smallest absolute Gasteiger partial charge is 0.224 e. The number of nitrogens with zero attached hydrogens (tertiary/aromatic N) is 1. The van der Waals surface area contributed by atoms with Gasteiger partial charge in [-0.2, -0.15) is 0 Å². The number of nitrogens with two attached hydrogens (primary N) is 1. The lowest BCUT2D eigenvalue weighted by molar-refractivity contribution is -0.120. The number of amides is 1. The number of rotatable bonds is 5. The number of carbonyl (C=O) groups is 1. The van der Waals surface area contributed by atoms with E-state index < -0.39 is 6.10 Å². The summed E-state index contributed by atoms with van der Waals surface area (Å²) in [5, 5.41) is 12.6. The number of hydrogen-bond donors (Lipinski definition) is 3. The van der Waals surface area contributed by atoms with Crippen molar-refractivity contribution in [3.63, 3.8) is 0 Å². The highest BCUT2D eigenvalue weighted by atomic mass is 16.3. The standard InChI is InChI=1S/C15H17N3O2/c16-13-5-3-11(4-6-13)8-15(20)18-10-14(19)12-2-1-7-17-9-12/h1-7,9,14,19H,8,10,16H2,(H,18,20). The van der Waals surface area contributed by atoms with Gasteiger partial charge in [-0.15, -0.1) is 0 Å². The third-order valence-corrected chi connectivity index (χ3v) is 2.91. The Morgan fingerprint density at radius 1 is 1.30 bits per heavy atom. The van der Waals surface area contributed by atoms with Crippen molar-refractivity contribution >= 4 is 11.6 Å². The van der Waals surface area contributed by atoms with E-state index in [1.807, 2.05) is 12.1 Å². The summed E-state index contributed by atoms with van der Waals surface area (Å²) in [5.74, 6) is -0.141. The lowest BCUT2D eigenvalue weighted by Gasteiger charge is -2.11. The number of aliphatic hydroxyl groups excluding tert-OH is 1. The minimum atomic E-state index is -0.751. The predicted octanol–water partition coefficient (Wildman–Crippen LogP) is 1.06. The summed E-state index contributed by atoms with van der Waals surface area (Å²) in [4.78, 5) is 15.7. The van der Waals surface area contributed by atoms with E-state index in [0.29, 0.717) is 11.3 Å². The highest BCUT2D eigenvalue weighted by Gasteiger charge is 2.09. The zero-order valence-corrected chi connectivity index (χ0v) is 11.0. The second-order valence-corrected chi connectivity index (χ2v) is 4.52. The largest absolute Gasteiger partial charge is 0.399 e. The van der Waals surface area contributed by atoms with Crippen LogP contribution in [0.15, 0.2) is 48.8 Å². The fourth-order valence-corrected chi connectivity index (χ4v) is 1.78. The number of pyridine rings is 1. The lowest BCUT2D eigenvalue weighted by Crippen LogP contribution is -2.29. The summed E-state index contributed by atoms with van der Waals surface area (Å²) in [6.45, 7) is 0.166. The summed E-state index contributed by atoms with van der Waals surface area (Å²) >= 11 is 0. The molecule has 0 radical (unpaired) electrons. The third kappa shape index (κ3) is 4.07. The van der Waals surface area contributed by atoms with Crippen molar-refractivity contribution in [1.82, 2.24) is 10.3 Å². The molecule has 2 aromatic rings. The van der Waals surface area contributed by atoms with Crippen LogP contribution >= 0.6 is 0 Å². The van der Waals surface area contributed by atoms with Crippen molar-refractivity contribution in [2.45, 2.75) is 12.5 Å². The Balaban J connectivity index is 1.82. The van der Waals surface area contributed by atoms with Gasteiger partial charge in [0.15, 0.2) is 0 Å². The summed E-state index contributed by atoms with van der Waals surface area (Å²) in [6.07, 6.45) is 2.73. The van der Waals surface area contributed by atoms with E-state index in [-0.39, 0.29) is 18.9 Å². The zero-order valence-electron chi connectivity index (χ0n) is 11.0. The average molecular weight is 271 g/mol.